The molecular weight excluding hydrogens is 452 g/mol. The number of benzene rings is 2. The number of nitrogen functional groups attached to an aromatic ring is 2. The Balaban J connectivity index is 2.39. The van der Waals surface area contributed by atoms with Crippen molar-refractivity contribution >= 4 is 65.9 Å². The molecule has 3 aromatic rings. The van der Waals surface area contributed by atoms with Gasteiger partial charge in [0.2, 0.25) is 17.2 Å². The first-order valence-electron chi connectivity index (χ1n) is 7.25. The summed E-state index contributed by atoms with van der Waals surface area (Å²) >= 11 is 5.68. The van der Waals surface area contributed by atoms with Crippen molar-refractivity contribution in [3.63, 3.8) is 0 Å². The molecule has 0 saturated carbocycles. The number of hydrogen-bond acceptors (Lipinski definition) is 11. The van der Waals surface area contributed by atoms with Crippen LogP contribution in [0.5, 0.6) is 5.75 Å². The van der Waals surface area contributed by atoms with Crippen LogP contribution in [0.3, 0.4) is 0 Å². The van der Waals surface area contributed by atoms with E-state index in [1.807, 2.05) is 0 Å². The highest BCUT2D eigenvalue weighted by molar-refractivity contribution is 7.86. The summed E-state index contributed by atoms with van der Waals surface area (Å²) in [6, 6.07) is 2.57. The van der Waals surface area contributed by atoms with Crippen LogP contribution in [0.15, 0.2) is 28.0 Å². The second kappa shape index (κ2) is 6.82. The average Bonchev–Trinajstić information content (AvgIpc) is 2.54. The second-order valence-electron chi connectivity index (χ2n) is 5.57. The number of fused-ring (bicyclic) bond motifs is 1. The van der Waals surface area contributed by atoms with E-state index in [1.54, 1.807) is 0 Å². The molecule has 0 fully saturated rings. The molecular formula is C13H11ClN6O7S2. The van der Waals surface area contributed by atoms with Gasteiger partial charge in [0.1, 0.15) is 10.6 Å². The van der Waals surface area contributed by atoms with Crippen molar-refractivity contribution < 1.29 is 31.0 Å². The van der Waals surface area contributed by atoms with Gasteiger partial charge in [-0.3, -0.25) is 9.11 Å². The molecule has 154 valence electrons. The number of anilines is 4. The lowest BCUT2D eigenvalue weighted by Gasteiger charge is -2.15. The molecule has 1 heterocycles. The maximum Gasteiger partial charge on any atom is 0.296 e. The average molecular weight is 463 g/mol. The molecule has 0 bridgehead atoms. The first-order valence-corrected chi connectivity index (χ1v) is 10.5. The lowest BCUT2D eigenvalue weighted by Crippen LogP contribution is -2.07. The number of nitrogens with one attached hydrogen (secondary N) is 1. The maximum atomic E-state index is 11.6. The molecule has 0 amide bonds. The van der Waals surface area contributed by atoms with E-state index in [1.165, 1.54) is 0 Å². The van der Waals surface area contributed by atoms with Crippen LogP contribution < -0.4 is 16.8 Å². The number of rotatable bonds is 4. The third kappa shape index (κ3) is 4.08. The number of aromatic hydroxyl groups is 1. The number of nitrogens with zero attached hydrogens (tertiary/aromatic N) is 3. The highest BCUT2D eigenvalue weighted by Gasteiger charge is 2.24. The van der Waals surface area contributed by atoms with E-state index in [0.29, 0.717) is 0 Å². The van der Waals surface area contributed by atoms with Gasteiger partial charge >= 0.3 is 0 Å². The molecule has 0 spiro atoms. The Morgan fingerprint density at radius 2 is 1.62 bits per heavy atom. The number of phenols is 1. The van der Waals surface area contributed by atoms with Gasteiger partial charge in [-0.2, -0.15) is 31.8 Å². The van der Waals surface area contributed by atoms with E-state index in [4.69, 9.17) is 23.1 Å². The molecule has 8 N–H and O–H groups in total. The van der Waals surface area contributed by atoms with Crippen LogP contribution in [-0.4, -0.2) is 46.0 Å². The van der Waals surface area contributed by atoms with Crippen molar-refractivity contribution in [3.05, 3.63) is 23.5 Å². The number of hydrogen-bond donors (Lipinski definition) is 6. The minimum Gasteiger partial charge on any atom is -0.505 e. The van der Waals surface area contributed by atoms with Crippen LogP contribution >= 0.6 is 11.6 Å². The first-order chi connectivity index (χ1) is 13.3. The van der Waals surface area contributed by atoms with Crippen molar-refractivity contribution in [2.45, 2.75) is 9.79 Å². The molecule has 3 rings (SSSR count). The fourth-order valence-electron chi connectivity index (χ4n) is 2.49. The molecule has 0 atom stereocenters. The number of aromatic nitrogens is 3. The third-order valence-electron chi connectivity index (χ3n) is 3.63. The predicted molar refractivity (Wildman–Crippen MR) is 102 cm³/mol. The molecule has 0 aliphatic heterocycles. The van der Waals surface area contributed by atoms with Gasteiger partial charge in [-0.05, 0) is 35.2 Å². The van der Waals surface area contributed by atoms with Crippen molar-refractivity contribution in [1.82, 2.24) is 15.0 Å². The summed E-state index contributed by atoms with van der Waals surface area (Å²) in [4.78, 5) is 9.47. The molecule has 0 unspecified atom stereocenters. The highest BCUT2D eigenvalue weighted by atomic mass is 35.5. The Morgan fingerprint density at radius 1 is 0.966 bits per heavy atom. The SMILES string of the molecule is Nc1nc(Cl)nc(Nc2cc(S(=O)(=O)O)cc3cc(S(=O)(=O)O)c(N)c(O)c23)n1. The summed E-state index contributed by atoms with van der Waals surface area (Å²) in [7, 11) is -9.63. The van der Waals surface area contributed by atoms with Crippen LogP contribution in [-0.2, 0) is 20.2 Å². The Kier molecular flexibility index (Phi) is 4.88. The zero-order chi connectivity index (χ0) is 21.7. The molecule has 29 heavy (non-hydrogen) atoms. The minimum atomic E-state index is -4.86. The van der Waals surface area contributed by atoms with Gasteiger partial charge in [-0.1, -0.05) is 0 Å². The summed E-state index contributed by atoms with van der Waals surface area (Å²) in [5.74, 6) is -1.33. The zero-order valence-corrected chi connectivity index (χ0v) is 16.3. The maximum absolute atomic E-state index is 11.6. The Bertz CT molecular complexity index is 1360. The number of phenolic OH excluding ortho intramolecular Hbond substituents is 1. The van der Waals surface area contributed by atoms with Gasteiger partial charge in [-0.25, -0.2) is 0 Å². The lowest BCUT2D eigenvalue weighted by atomic mass is 10.1. The van der Waals surface area contributed by atoms with Crippen LogP contribution in [0.25, 0.3) is 10.8 Å². The molecule has 2 aromatic carbocycles. The van der Waals surface area contributed by atoms with Gasteiger partial charge < -0.3 is 21.9 Å². The van der Waals surface area contributed by atoms with Gasteiger partial charge in [0.25, 0.3) is 20.2 Å². The van der Waals surface area contributed by atoms with E-state index >= 15 is 0 Å². The summed E-state index contributed by atoms with van der Waals surface area (Å²) < 4.78 is 64.9. The third-order valence-corrected chi connectivity index (χ3v) is 5.53. The van der Waals surface area contributed by atoms with E-state index < -0.39 is 41.5 Å². The molecule has 0 aliphatic rings. The number of nitrogens with two attached hydrogens (primary N) is 2. The van der Waals surface area contributed by atoms with Gasteiger partial charge in [-0.15, -0.1) is 0 Å². The largest absolute Gasteiger partial charge is 0.505 e. The van der Waals surface area contributed by atoms with Gasteiger partial charge in [0, 0.05) is 5.39 Å². The first kappa shape index (κ1) is 20.7. The second-order valence-corrected chi connectivity index (χ2v) is 8.72. The highest BCUT2D eigenvalue weighted by Crippen LogP contribution is 2.42. The zero-order valence-electron chi connectivity index (χ0n) is 13.9. The van der Waals surface area contributed by atoms with Crippen LogP contribution in [0.2, 0.25) is 5.28 Å². The standard InChI is InChI=1S/C13H11ClN6O7S2/c14-11-18-12(16)20-13(19-11)17-6-3-5(28(22,23)24)1-4-2-7(29(25,26)27)9(15)10(21)8(4)6/h1-3,21H,15H2,(H,22,23,24)(H,25,26,27)(H3,16,17,18,19,20). The smallest absolute Gasteiger partial charge is 0.296 e. The summed E-state index contributed by atoms with van der Waals surface area (Å²) in [5, 5.41) is 12.3. The normalized spacial score (nSPS) is 12.2. The van der Waals surface area contributed by atoms with Crippen molar-refractivity contribution in [2.24, 2.45) is 0 Å². The topological polar surface area (TPSA) is 232 Å². The van der Waals surface area contributed by atoms with E-state index in [2.05, 4.69) is 20.3 Å². The Hall–Kier alpha value is -2.98. The van der Waals surface area contributed by atoms with Gasteiger partial charge in [0.15, 0.2) is 0 Å². The van der Waals surface area contributed by atoms with E-state index in [9.17, 15) is 31.0 Å². The van der Waals surface area contributed by atoms with Gasteiger partial charge in [0.05, 0.1) is 16.3 Å². The molecule has 13 nitrogen and oxygen atoms in total. The molecule has 16 heteroatoms. The minimum absolute atomic E-state index is 0.169. The van der Waals surface area contributed by atoms with Crippen LogP contribution in [0, 0.1) is 0 Å². The molecule has 0 saturated heterocycles. The summed E-state index contributed by atoms with van der Waals surface area (Å²) in [6.07, 6.45) is 0. The van der Waals surface area contributed by atoms with E-state index in [0.717, 1.165) is 18.2 Å². The van der Waals surface area contributed by atoms with Crippen LogP contribution in [0.1, 0.15) is 0 Å². The molecule has 0 aliphatic carbocycles. The Morgan fingerprint density at radius 3 is 2.17 bits per heavy atom. The Labute approximate surface area is 167 Å². The fraction of sp³-hybridized carbons (Fsp3) is 0. The predicted octanol–water partition coefficient (Wildman–Crippen LogP) is 0.785. The van der Waals surface area contributed by atoms with Crippen molar-refractivity contribution in [3.8, 4) is 5.75 Å². The molecule has 1 aromatic heterocycles. The van der Waals surface area contributed by atoms with E-state index in [-0.39, 0.29) is 33.6 Å². The fourth-order valence-corrected chi connectivity index (χ4v) is 3.85. The lowest BCUT2D eigenvalue weighted by molar-refractivity contribution is 0.473. The molecule has 0 radical (unpaired) electrons. The summed E-state index contributed by atoms with van der Waals surface area (Å²) in [6.45, 7) is 0. The number of halogens is 1. The monoisotopic (exact) mass is 462 g/mol. The van der Waals surface area contributed by atoms with Crippen LogP contribution in [0.4, 0.5) is 23.3 Å². The van der Waals surface area contributed by atoms with Crippen molar-refractivity contribution in [1.29, 1.82) is 0 Å². The van der Waals surface area contributed by atoms with Crippen molar-refractivity contribution in [2.75, 3.05) is 16.8 Å². The summed E-state index contributed by atoms with van der Waals surface area (Å²) in [5.41, 5.74) is 10.2. The quantitative estimate of drug-likeness (QED) is 0.179.